The molecule has 2 aromatic rings. The summed E-state index contributed by atoms with van der Waals surface area (Å²) in [6, 6.07) is 21.4. The molecule has 0 bridgehead atoms. The number of likely N-dealkylation sites (tertiary alicyclic amines) is 1. The van der Waals surface area contributed by atoms with Crippen LogP contribution in [0.2, 0.25) is 0 Å². The smallest absolute Gasteiger partial charge is 0.222 e. The van der Waals surface area contributed by atoms with Crippen molar-refractivity contribution >= 4 is 11.6 Å². The summed E-state index contributed by atoms with van der Waals surface area (Å²) in [6.45, 7) is 5.46. The molecule has 0 aromatic heterocycles. The first-order chi connectivity index (χ1) is 14.7. The van der Waals surface area contributed by atoms with Gasteiger partial charge in [0, 0.05) is 44.6 Å². The lowest BCUT2D eigenvalue weighted by Crippen LogP contribution is -2.54. The standard InChI is InChI=1S/C24H29N5O/c1-2-23(30)28-14-13-20-24(19-11-7-4-8-12-19)25-26-29(20)22-17-27(16-21(22)28)15-18-9-5-3-6-10-18/h3-12,21-22,25-26H,2,13-17H2,1H3/t21-,22+/m0/s1. The van der Waals surface area contributed by atoms with Gasteiger partial charge in [-0.15, -0.1) is 5.53 Å². The van der Waals surface area contributed by atoms with Gasteiger partial charge in [0.2, 0.25) is 5.91 Å². The minimum absolute atomic E-state index is 0.183. The molecule has 156 valence electrons. The van der Waals surface area contributed by atoms with Crippen molar-refractivity contribution in [1.29, 1.82) is 0 Å². The SMILES string of the molecule is CCC(=O)N1CCC2=C(c3ccccc3)NNN2[C@@H]2CN(Cc3ccccc3)C[C@@H]21. The molecule has 6 nitrogen and oxygen atoms in total. The second-order valence-electron chi connectivity index (χ2n) is 8.30. The minimum Gasteiger partial charge on any atom is -0.336 e. The number of nitrogens with zero attached hydrogens (tertiary/aromatic N) is 3. The van der Waals surface area contributed by atoms with E-state index < -0.39 is 0 Å². The van der Waals surface area contributed by atoms with Gasteiger partial charge in [-0.05, 0) is 5.56 Å². The first-order valence-electron chi connectivity index (χ1n) is 10.9. The minimum atomic E-state index is 0.183. The molecule has 6 heteroatoms. The number of carbonyl (C=O) groups excluding carboxylic acids is 1. The van der Waals surface area contributed by atoms with Crippen molar-refractivity contribution in [2.75, 3.05) is 19.6 Å². The summed E-state index contributed by atoms with van der Waals surface area (Å²) in [5.74, 6) is 0.252. The van der Waals surface area contributed by atoms with Gasteiger partial charge in [0.05, 0.1) is 23.5 Å². The lowest BCUT2D eigenvalue weighted by Gasteiger charge is -2.33. The van der Waals surface area contributed by atoms with E-state index in [0.29, 0.717) is 6.42 Å². The van der Waals surface area contributed by atoms with Gasteiger partial charge in [-0.1, -0.05) is 67.6 Å². The van der Waals surface area contributed by atoms with Crippen LogP contribution in [0.4, 0.5) is 0 Å². The topological polar surface area (TPSA) is 50.9 Å². The molecule has 2 aromatic carbocycles. The normalized spacial score (nSPS) is 23.8. The summed E-state index contributed by atoms with van der Waals surface area (Å²) in [6.07, 6.45) is 1.40. The number of hydrogen-bond donors (Lipinski definition) is 2. The number of amides is 1. The lowest BCUT2D eigenvalue weighted by molar-refractivity contribution is -0.133. The average Bonchev–Trinajstić information content (AvgIpc) is 3.36. The van der Waals surface area contributed by atoms with Gasteiger partial charge in [0.1, 0.15) is 0 Å². The van der Waals surface area contributed by atoms with Crippen LogP contribution in [0.3, 0.4) is 0 Å². The van der Waals surface area contributed by atoms with E-state index in [1.54, 1.807) is 0 Å². The zero-order valence-electron chi connectivity index (χ0n) is 17.4. The molecule has 3 aliphatic heterocycles. The third kappa shape index (κ3) is 3.46. The molecule has 2 atom stereocenters. The molecule has 5 rings (SSSR count). The van der Waals surface area contributed by atoms with Crippen molar-refractivity contribution in [2.45, 2.75) is 38.4 Å². The fourth-order valence-electron chi connectivity index (χ4n) is 5.03. The first-order valence-corrected chi connectivity index (χ1v) is 10.9. The Morgan fingerprint density at radius 2 is 1.70 bits per heavy atom. The second-order valence-corrected chi connectivity index (χ2v) is 8.30. The van der Waals surface area contributed by atoms with Crippen molar-refractivity contribution in [2.24, 2.45) is 0 Å². The highest BCUT2D eigenvalue weighted by Crippen LogP contribution is 2.34. The molecular weight excluding hydrogens is 374 g/mol. The van der Waals surface area contributed by atoms with Crippen molar-refractivity contribution in [3.05, 3.63) is 77.5 Å². The van der Waals surface area contributed by atoms with Gasteiger partial charge in [-0.3, -0.25) is 14.7 Å². The molecule has 3 aliphatic rings. The Hall–Kier alpha value is -2.83. The van der Waals surface area contributed by atoms with Crippen LogP contribution in [0.1, 0.15) is 30.9 Å². The van der Waals surface area contributed by atoms with Crippen LogP contribution in [0.5, 0.6) is 0 Å². The molecule has 2 saturated heterocycles. The molecule has 0 radical (unpaired) electrons. The Morgan fingerprint density at radius 1 is 1.00 bits per heavy atom. The monoisotopic (exact) mass is 403 g/mol. The lowest BCUT2D eigenvalue weighted by atomic mass is 10.1. The number of rotatable bonds is 4. The zero-order valence-corrected chi connectivity index (χ0v) is 17.4. The Balaban J connectivity index is 1.46. The van der Waals surface area contributed by atoms with Crippen LogP contribution in [0.15, 0.2) is 66.4 Å². The van der Waals surface area contributed by atoms with E-state index in [0.717, 1.165) is 38.3 Å². The third-order valence-electron chi connectivity index (χ3n) is 6.47. The summed E-state index contributed by atoms with van der Waals surface area (Å²) < 4.78 is 0. The molecule has 1 amide bonds. The number of hydrazine groups is 2. The fourth-order valence-corrected chi connectivity index (χ4v) is 5.03. The van der Waals surface area contributed by atoms with Gasteiger partial charge in [0.15, 0.2) is 0 Å². The largest absolute Gasteiger partial charge is 0.336 e. The number of nitrogens with one attached hydrogen (secondary N) is 2. The molecule has 2 fully saturated rings. The number of fused-ring (bicyclic) bond motifs is 3. The Labute approximate surface area is 178 Å². The van der Waals surface area contributed by atoms with Crippen LogP contribution < -0.4 is 11.0 Å². The number of carbonyl (C=O) groups is 1. The Kier molecular flexibility index (Phi) is 5.19. The van der Waals surface area contributed by atoms with Gasteiger partial charge in [-0.2, -0.15) is 0 Å². The summed E-state index contributed by atoms with van der Waals surface area (Å²) in [7, 11) is 0. The van der Waals surface area contributed by atoms with E-state index in [2.05, 4.69) is 80.4 Å². The van der Waals surface area contributed by atoms with Crippen LogP contribution in [0.25, 0.3) is 5.70 Å². The number of hydrogen-bond acceptors (Lipinski definition) is 5. The van der Waals surface area contributed by atoms with E-state index >= 15 is 0 Å². The maximum Gasteiger partial charge on any atom is 0.222 e. The van der Waals surface area contributed by atoms with E-state index in [1.807, 2.05) is 13.0 Å². The highest BCUT2D eigenvalue weighted by Gasteiger charge is 2.46. The fraction of sp³-hybridized carbons (Fsp3) is 0.375. The quantitative estimate of drug-likeness (QED) is 0.822. The Bertz CT molecular complexity index is 929. The highest BCUT2D eigenvalue weighted by molar-refractivity contribution is 5.77. The summed E-state index contributed by atoms with van der Waals surface area (Å²) in [4.78, 5) is 17.4. The molecule has 30 heavy (non-hydrogen) atoms. The zero-order chi connectivity index (χ0) is 20.5. The maximum atomic E-state index is 12.8. The molecule has 3 heterocycles. The van der Waals surface area contributed by atoms with E-state index in [4.69, 9.17) is 0 Å². The van der Waals surface area contributed by atoms with E-state index in [9.17, 15) is 4.79 Å². The molecular formula is C24H29N5O. The maximum absolute atomic E-state index is 12.8. The van der Waals surface area contributed by atoms with Gasteiger partial charge >= 0.3 is 0 Å². The van der Waals surface area contributed by atoms with Gasteiger partial charge in [-0.25, -0.2) is 0 Å². The van der Waals surface area contributed by atoms with Crippen LogP contribution in [0, 0.1) is 0 Å². The highest BCUT2D eigenvalue weighted by atomic mass is 16.2. The van der Waals surface area contributed by atoms with Crippen molar-refractivity contribution in [3.63, 3.8) is 0 Å². The van der Waals surface area contributed by atoms with Crippen LogP contribution in [-0.4, -0.2) is 52.4 Å². The Morgan fingerprint density at radius 3 is 2.43 bits per heavy atom. The molecule has 0 aliphatic carbocycles. The molecule has 0 saturated carbocycles. The first kappa shape index (κ1) is 19.2. The number of benzene rings is 2. The molecule has 0 unspecified atom stereocenters. The third-order valence-corrected chi connectivity index (χ3v) is 6.47. The van der Waals surface area contributed by atoms with Crippen molar-refractivity contribution in [1.82, 2.24) is 25.8 Å². The van der Waals surface area contributed by atoms with Gasteiger partial charge in [0.25, 0.3) is 0 Å². The van der Waals surface area contributed by atoms with Crippen molar-refractivity contribution < 1.29 is 4.79 Å². The van der Waals surface area contributed by atoms with Crippen molar-refractivity contribution in [3.8, 4) is 0 Å². The average molecular weight is 404 g/mol. The molecule has 2 N–H and O–H groups in total. The summed E-state index contributed by atoms with van der Waals surface area (Å²) >= 11 is 0. The van der Waals surface area contributed by atoms with E-state index in [-0.39, 0.29) is 18.0 Å². The van der Waals surface area contributed by atoms with Crippen LogP contribution in [-0.2, 0) is 11.3 Å². The predicted molar refractivity (Wildman–Crippen MR) is 117 cm³/mol. The second kappa shape index (κ2) is 8.13. The summed E-state index contributed by atoms with van der Waals surface area (Å²) in [5, 5.41) is 2.29. The van der Waals surface area contributed by atoms with Crippen LogP contribution >= 0.6 is 0 Å². The summed E-state index contributed by atoms with van der Waals surface area (Å²) in [5.41, 5.74) is 11.7. The van der Waals surface area contributed by atoms with Gasteiger partial charge < -0.3 is 10.3 Å². The van der Waals surface area contributed by atoms with E-state index in [1.165, 1.54) is 16.8 Å². The molecule has 0 spiro atoms. The predicted octanol–water partition coefficient (Wildman–Crippen LogP) is 2.58.